The molecule has 0 saturated heterocycles. The van der Waals surface area contributed by atoms with Gasteiger partial charge in [0.15, 0.2) is 5.96 Å². The smallest absolute Gasteiger partial charge is 0.326 e. The van der Waals surface area contributed by atoms with E-state index in [4.69, 9.17) is 11.1 Å². The first-order valence-electron chi connectivity index (χ1n) is 9.27. The molecule has 0 fully saturated rings. The molecule has 0 aromatic rings. The maximum atomic E-state index is 12.6. The van der Waals surface area contributed by atoms with Crippen LogP contribution in [-0.4, -0.2) is 71.1 Å². The Morgan fingerprint density at radius 2 is 1.55 bits per heavy atom. The molecule has 3 atom stereocenters. The molecule has 0 unspecified atom stereocenters. The van der Waals surface area contributed by atoms with Crippen molar-refractivity contribution in [1.82, 2.24) is 21.3 Å². The van der Waals surface area contributed by atoms with Crippen LogP contribution in [0.3, 0.4) is 0 Å². The van der Waals surface area contributed by atoms with Crippen molar-refractivity contribution in [1.29, 1.82) is 5.41 Å². The summed E-state index contributed by atoms with van der Waals surface area (Å²) in [6.07, 6.45) is 0.659. The van der Waals surface area contributed by atoms with Crippen LogP contribution in [0.2, 0.25) is 0 Å². The van der Waals surface area contributed by atoms with E-state index in [9.17, 15) is 29.4 Å². The molecule has 0 bridgehead atoms. The molecule has 0 aromatic heterocycles. The van der Waals surface area contributed by atoms with Crippen molar-refractivity contribution in [2.24, 2.45) is 11.7 Å². The number of hydrogen-bond donors (Lipinski definition) is 8. The van der Waals surface area contributed by atoms with Crippen LogP contribution >= 0.6 is 0 Å². The molecule has 12 heteroatoms. The summed E-state index contributed by atoms with van der Waals surface area (Å²) in [4.78, 5) is 47.5. The number of aliphatic hydroxyl groups excluding tert-OH is 1. The molecule has 0 aliphatic rings. The number of aliphatic hydroxyl groups is 1. The van der Waals surface area contributed by atoms with Gasteiger partial charge in [0, 0.05) is 13.5 Å². The van der Waals surface area contributed by atoms with Crippen molar-refractivity contribution in [3.63, 3.8) is 0 Å². The lowest BCUT2D eigenvalue weighted by atomic mass is 10.0. The summed E-state index contributed by atoms with van der Waals surface area (Å²) in [5, 5.41) is 35.4. The molecule has 0 spiro atoms. The number of nitrogens with one attached hydrogen (secondary N) is 5. The molecule has 0 heterocycles. The van der Waals surface area contributed by atoms with Crippen molar-refractivity contribution >= 4 is 29.7 Å². The highest BCUT2D eigenvalue weighted by Crippen LogP contribution is 2.07. The van der Waals surface area contributed by atoms with Crippen LogP contribution in [0, 0.1) is 11.3 Å². The maximum Gasteiger partial charge on any atom is 0.326 e. The SMILES string of the molecule is CC(=O)N[C@@H](CO)C(=O)N[C@@H](CCCNC(=N)N)C(=O)N[C@@H](CC(C)C)C(=O)O. The third-order valence-corrected chi connectivity index (χ3v) is 3.82. The Morgan fingerprint density at radius 1 is 1.00 bits per heavy atom. The molecular weight excluding hydrogens is 384 g/mol. The number of amides is 3. The molecule has 0 aliphatic heterocycles. The number of carbonyl (C=O) groups is 4. The maximum absolute atomic E-state index is 12.6. The van der Waals surface area contributed by atoms with E-state index in [-0.39, 0.29) is 31.3 Å². The van der Waals surface area contributed by atoms with Crippen molar-refractivity contribution in [2.75, 3.05) is 13.2 Å². The van der Waals surface area contributed by atoms with Gasteiger partial charge in [0.05, 0.1) is 6.61 Å². The Morgan fingerprint density at radius 3 is 2.00 bits per heavy atom. The van der Waals surface area contributed by atoms with Gasteiger partial charge >= 0.3 is 5.97 Å². The molecule has 0 radical (unpaired) electrons. The Balaban J connectivity index is 5.20. The van der Waals surface area contributed by atoms with Crippen LogP contribution in [-0.2, 0) is 19.2 Å². The summed E-state index contributed by atoms with van der Waals surface area (Å²) < 4.78 is 0. The van der Waals surface area contributed by atoms with Gasteiger partial charge in [0.25, 0.3) is 0 Å². The quantitative estimate of drug-likeness (QED) is 0.0940. The second-order valence-electron chi connectivity index (χ2n) is 7.01. The topological polar surface area (TPSA) is 207 Å². The molecule has 29 heavy (non-hydrogen) atoms. The number of guanidine groups is 1. The minimum atomic E-state index is -1.25. The van der Waals surface area contributed by atoms with E-state index in [0.717, 1.165) is 0 Å². The molecule has 0 saturated carbocycles. The minimum absolute atomic E-state index is 0.0164. The first-order valence-corrected chi connectivity index (χ1v) is 9.27. The van der Waals surface area contributed by atoms with Crippen molar-refractivity contribution in [3.05, 3.63) is 0 Å². The summed E-state index contributed by atoms with van der Waals surface area (Å²) in [7, 11) is 0. The molecule has 3 amide bonds. The van der Waals surface area contributed by atoms with Crippen LogP contribution in [0.5, 0.6) is 0 Å². The zero-order valence-corrected chi connectivity index (χ0v) is 16.9. The number of aliphatic carboxylic acids is 1. The fourth-order valence-electron chi connectivity index (χ4n) is 2.48. The Bertz CT molecular complexity index is 597. The van der Waals surface area contributed by atoms with Gasteiger partial charge in [-0.05, 0) is 25.2 Å². The van der Waals surface area contributed by atoms with Crippen LogP contribution in [0.15, 0.2) is 0 Å². The van der Waals surface area contributed by atoms with E-state index in [2.05, 4.69) is 21.3 Å². The van der Waals surface area contributed by atoms with E-state index in [0.29, 0.717) is 6.42 Å². The third kappa shape index (κ3) is 11.5. The minimum Gasteiger partial charge on any atom is -0.480 e. The summed E-state index contributed by atoms with van der Waals surface area (Å²) >= 11 is 0. The number of rotatable bonds is 13. The normalized spacial score (nSPS) is 13.7. The fourth-order valence-corrected chi connectivity index (χ4v) is 2.48. The van der Waals surface area contributed by atoms with Crippen LogP contribution in [0.1, 0.15) is 40.0 Å². The van der Waals surface area contributed by atoms with E-state index >= 15 is 0 Å². The number of hydrogen-bond acceptors (Lipinski definition) is 6. The summed E-state index contributed by atoms with van der Waals surface area (Å²) in [5.41, 5.74) is 5.19. The number of carboxylic acids is 1. The second-order valence-corrected chi connectivity index (χ2v) is 7.01. The van der Waals surface area contributed by atoms with Crippen molar-refractivity contribution in [3.8, 4) is 0 Å². The van der Waals surface area contributed by atoms with Gasteiger partial charge < -0.3 is 37.2 Å². The number of carbonyl (C=O) groups excluding carboxylic acids is 3. The second kappa shape index (κ2) is 13.3. The molecule has 166 valence electrons. The first-order chi connectivity index (χ1) is 13.5. The molecule has 9 N–H and O–H groups in total. The van der Waals surface area contributed by atoms with Crippen molar-refractivity contribution < 1.29 is 29.4 Å². The third-order valence-electron chi connectivity index (χ3n) is 3.82. The Labute approximate surface area is 169 Å². The van der Waals surface area contributed by atoms with Gasteiger partial charge in [-0.3, -0.25) is 19.8 Å². The zero-order valence-electron chi connectivity index (χ0n) is 16.9. The monoisotopic (exact) mass is 416 g/mol. The summed E-state index contributed by atoms with van der Waals surface area (Å²) in [6.45, 7) is 4.40. The van der Waals surface area contributed by atoms with E-state index < -0.39 is 48.4 Å². The lowest BCUT2D eigenvalue weighted by Gasteiger charge is -2.24. The van der Waals surface area contributed by atoms with Gasteiger partial charge in [0.2, 0.25) is 17.7 Å². The van der Waals surface area contributed by atoms with Gasteiger partial charge in [-0.1, -0.05) is 13.8 Å². The Kier molecular flexibility index (Phi) is 12.0. The standard InChI is InChI=1S/C17H32N6O6/c1-9(2)7-12(16(28)29)23-14(26)11(5-4-6-20-17(18)19)22-15(27)13(8-24)21-10(3)25/h9,11-13,24H,4-8H2,1-3H3,(H,21,25)(H,22,27)(H,23,26)(H,28,29)(H4,18,19,20)/t11-,12-,13-/m0/s1. The van der Waals surface area contributed by atoms with Crippen LogP contribution in [0.4, 0.5) is 0 Å². The predicted octanol–water partition coefficient (Wildman–Crippen LogP) is -2.15. The average molecular weight is 416 g/mol. The van der Waals surface area contributed by atoms with Gasteiger partial charge in [-0.2, -0.15) is 0 Å². The number of nitrogens with two attached hydrogens (primary N) is 1. The molecule has 12 nitrogen and oxygen atoms in total. The molecule has 0 rings (SSSR count). The Hall–Kier alpha value is -2.89. The number of carboxylic acid groups (broad SMARTS) is 1. The predicted molar refractivity (Wildman–Crippen MR) is 105 cm³/mol. The molecule has 0 aromatic carbocycles. The highest BCUT2D eigenvalue weighted by molar-refractivity contribution is 5.93. The largest absolute Gasteiger partial charge is 0.480 e. The van der Waals surface area contributed by atoms with Gasteiger partial charge in [0.1, 0.15) is 18.1 Å². The zero-order chi connectivity index (χ0) is 22.6. The fraction of sp³-hybridized carbons (Fsp3) is 0.706. The van der Waals surface area contributed by atoms with Crippen LogP contribution in [0.25, 0.3) is 0 Å². The molecule has 0 aliphatic carbocycles. The lowest BCUT2D eigenvalue weighted by molar-refractivity contribution is -0.142. The highest BCUT2D eigenvalue weighted by Gasteiger charge is 2.29. The summed E-state index contributed by atoms with van der Waals surface area (Å²) in [5.74, 6) is -3.44. The lowest BCUT2D eigenvalue weighted by Crippen LogP contribution is -2.56. The molecular formula is C17H32N6O6. The first kappa shape index (κ1) is 26.1. The van der Waals surface area contributed by atoms with Crippen molar-refractivity contribution in [2.45, 2.75) is 58.2 Å². The van der Waals surface area contributed by atoms with Gasteiger partial charge in [-0.25, -0.2) is 4.79 Å². The van der Waals surface area contributed by atoms with E-state index in [1.54, 1.807) is 0 Å². The summed E-state index contributed by atoms with van der Waals surface area (Å²) in [6, 6.07) is -3.47. The highest BCUT2D eigenvalue weighted by atomic mass is 16.4. The van der Waals surface area contributed by atoms with Gasteiger partial charge in [-0.15, -0.1) is 0 Å². The van der Waals surface area contributed by atoms with E-state index in [1.165, 1.54) is 6.92 Å². The average Bonchev–Trinajstić information content (AvgIpc) is 2.60. The van der Waals surface area contributed by atoms with E-state index in [1.807, 2.05) is 13.8 Å². The van der Waals surface area contributed by atoms with Crippen LogP contribution < -0.4 is 27.0 Å².